The molecule has 0 aromatic rings. The molecule has 0 heterocycles. The number of allylic oxidation sites excluding steroid dienone is 1. The number of rotatable bonds is 0. The predicted octanol–water partition coefficient (Wildman–Crippen LogP) is 1.10. The van der Waals surface area contributed by atoms with Crippen LogP contribution in [0.3, 0.4) is 0 Å². The van der Waals surface area contributed by atoms with E-state index in [1.54, 1.807) is 0 Å². The minimum atomic E-state index is 1.14. The molecule has 0 saturated carbocycles. The monoisotopic (exact) mass is 52.0 g/mol. The quantitative estimate of drug-likeness (QED) is 0.362. The van der Waals surface area contributed by atoms with Crippen molar-refractivity contribution < 1.29 is 0 Å². The van der Waals surface area contributed by atoms with Gasteiger partial charge in [-0.25, -0.2) is 0 Å². The Labute approximate surface area is 25.4 Å². The molecule has 0 unspecified atom stereocenters. The minimum Gasteiger partial charge on any atom is -0.129 e. The van der Waals surface area contributed by atoms with Crippen molar-refractivity contribution in [1.82, 2.24) is 0 Å². The molecule has 0 saturated heterocycles. The molecule has 0 spiro atoms. The molecule has 0 aliphatic heterocycles. The average molecular weight is 52.1 g/mol. The fourth-order valence-electron chi connectivity index (χ4n) is 0.118. The zero-order valence-electron chi connectivity index (χ0n) is 2.36. The molecule has 0 aromatic heterocycles. The van der Waals surface area contributed by atoms with Crippen LogP contribution in [-0.4, -0.2) is 0 Å². The smallest absolute Gasteiger partial charge is 0.00170 e. The summed E-state index contributed by atoms with van der Waals surface area (Å²) in [5.74, 6) is 0. The van der Waals surface area contributed by atoms with Gasteiger partial charge < -0.3 is 0 Å². The third-order valence-electron chi connectivity index (χ3n) is 0.471. The lowest BCUT2D eigenvalue weighted by Crippen LogP contribution is -1.58. The molecule has 0 radical (unpaired) electrons. The first-order valence-corrected chi connectivity index (χ1v) is 1.39. The molecule has 1 aliphatic carbocycles. The maximum Gasteiger partial charge on any atom is -0.00170 e. The van der Waals surface area contributed by atoms with E-state index in [4.69, 9.17) is 0 Å². The maximum atomic E-state index is 2.86. The van der Waals surface area contributed by atoms with Crippen LogP contribution >= 0.6 is 0 Å². The Balaban J connectivity index is 2.95. The summed E-state index contributed by atoms with van der Waals surface area (Å²) in [7, 11) is 0. The van der Waals surface area contributed by atoms with E-state index in [2.05, 4.69) is 5.73 Å². The molecule has 0 atom stereocenters. The van der Waals surface area contributed by atoms with Crippen molar-refractivity contribution in [1.29, 1.82) is 0 Å². The lowest BCUT2D eigenvalue weighted by Gasteiger charge is -1.77. The van der Waals surface area contributed by atoms with Crippen LogP contribution in [0.4, 0.5) is 0 Å². The number of hydrogen-bond acceptors (Lipinski definition) is 0. The lowest BCUT2D eigenvalue weighted by molar-refractivity contribution is 1.34. The summed E-state index contributed by atoms with van der Waals surface area (Å²) >= 11 is 0. The molecule has 0 amide bonds. The number of hydrogen-bond donors (Lipinski definition) is 0. The standard InChI is InChI=1S/C4H4/c1-2-4-3-1/h1,4H,2H2. The SMILES string of the molecule is C1=CCC=1. The van der Waals surface area contributed by atoms with E-state index in [1.165, 1.54) is 0 Å². The fourth-order valence-corrected chi connectivity index (χ4v) is 0.118. The van der Waals surface area contributed by atoms with Gasteiger partial charge in [-0.3, -0.25) is 0 Å². The second-order valence-electron chi connectivity index (χ2n) is 0.811. The molecular weight excluding hydrogens is 48.0 g/mol. The summed E-state index contributed by atoms with van der Waals surface area (Å²) in [6.07, 6.45) is 5.14. The topological polar surface area (TPSA) is 0 Å². The summed E-state index contributed by atoms with van der Waals surface area (Å²) in [4.78, 5) is 0. The van der Waals surface area contributed by atoms with Gasteiger partial charge in [-0.05, 0) is 18.6 Å². The Morgan fingerprint density at radius 1 is 1.50 bits per heavy atom. The van der Waals surface area contributed by atoms with Crippen LogP contribution in [0.2, 0.25) is 0 Å². The van der Waals surface area contributed by atoms with E-state index < -0.39 is 0 Å². The van der Waals surface area contributed by atoms with Gasteiger partial charge in [-0.15, -0.1) is 5.73 Å². The highest BCUT2D eigenvalue weighted by Gasteiger charge is 1.69. The van der Waals surface area contributed by atoms with Gasteiger partial charge in [0, 0.05) is 0 Å². The molecule has 0 bridgehead atoms. The van der Waals surface area contributed by atoms with Crippen LogP contribution in [-0.2, 0) is 0 Å². The Bertz CT molecular complexity index is 58.1. The highest BCUT2D eigenvalue weighted by molar-refractivity contribution is 4.99. The Kier molecular flexibility index (Phi) is 0.212. The van der Waals surface area contributed by atoms with Gasteiger partial charge in [0.1, 0.15) is 0 Å². The maximum absolute atomic E-state index is 2.86. The molecule has 0 fully saturated rings. The zero-order chi connectivity index (χ0) is 2.83. The van der Waals surface area contributed by atoms with Crippen LogP contribution in [0.25, 0.3) is 0 Å². The van der Waals surface area contributed by atoms with Crippen molar-refractivity contribution in [2.24, 2.45) is 0 Å². The van der Waals surface area contributed by atoms with E-state index in [-0.39, 0.29) is 0 Å². The molecular formula is C4H4. The molecule has 0 heteroatoms. The van der Waals surface area contributed by atoms with Crippen LogP contribution in [0.1, 0.15) is 6.42 Å². The van der Waals surface area contributed by atoms with E-state index >= 15 is 0 Å². The Morgan fingerprint density at radius 2 is 1.75 bits per heavy atom. The summed E-state index contributed by atoms with van der Waals surface area (Å²) in [6, 6.07) is 0. The summed E-state index contributed by atoms with van der Waals surface area (Å²) in [6.45, 7) is 0. The Morgan fingerprint density at radius 3 is 1.75 bits per heavy atom. The Hall–Kier alpha value is -0.480. The van der Waals surface area contributed by atoms with Gasteiger partial charge in [0.25, 0.3) is 0 Å². The predicted molar refractivity (Wildman–Crippen MR) is 17.3 cm³/mol. The molecule has 0 N–H and O–H groups in total. The average Bonchev–Trinajstić information content (AvgIpc) is 0.722. The van der Waals surface area contributed by atoms with E-state index in [0.29, 0.717) is 0 Å². The van der Waals surface area contributed by atoms with Gasteiger partial charge in [-0.2, -0.15) is 0 Å². The second kappa shape index (κ2) is 0.470. The zero-order valence-corrected chi connectivity index (χ0v) is 2.36. The fraction of sp³-hybridized carbons (Fsp3) is 0.250. The highest BCUT2D eigenvalue weighted by atomic mass is 13.7. The van der Waals surface area contributed by atoms with E-state index in [0.717, 1.165) is 6.42 Å². The molecule has 0 aromatic carbocycles. The van der Waals surface area contributed by atoms with Crippen molar-refractivity contribution in [3.63, 3.8) is 0 Å². The van der Waals surface area contributed by atoms with E-state index in [9.17, 15) is 0 Å². The first-order chi connectivity index (χ1) is 2.00. The van der Waals surface area contributed by atoms with E-state index in [1.807, 2.05) is 12.2 Å². The highest BCUT2D eigenvalue weighted by Crippen LogP contribution is 1.88. The third kappa shape index (κ3) is 0.0332. The summed E-state index contributed by atoms with van der Waals surface area (Å²) < 4.78 is 0. The summed E-state index contributed by atoms with van der Waals surface area (Å²) in [5.41, 5.74) is 2.86. The van der Waals surface area contributed by atoms with Crippen molar-refractivity contribution in [3.8, 4) is 0 Å². The van der Waals surface area contributed by atoms with Crippen LogP contribution in [0.15, 0.2) is 17.9 Å². The molecule has 1 rings (SSSR count). The van der Waals surface area contributed by atoms with Crippen molar-refractivity contribution >= 4 is 0 Å². The molecule has 1 aliphatic rings. The largest absolute Gasteiger partial charge is 0.129 e. The van der Waals surface area contributed by atoms with Crippen molar-refractivity contribution in [2.45, 2.75) is 6.42 Å². The molecule has 20 valence electrons. The van der Waals surface area contributed by atoms with Gasteiger partial charge in [0.2, 0.25) is 0 Å². The third-order valence-corrected chi connectivity index (χ3v) is 0.471. The molecule has 0 nitrogen and oxygen atoms in total. The first kappa shape index (κ1) is 1.80. The van der Waals surface area contributed by atoms with Gasteiger partial charge in [-0.1, -0.05) is 0 Å². The summed E-state index contributed by atoms with van der Waals surface area (Å²) in [5, 5.41) is 0. The lowest BCUT2D eigenvalue weighted by atomic mass is 10.3. The van der Waals surface area contributed by atoms with Crippen LogP contribution in [0, 0.1) is 0 Å². The van der Waals surface area contributed by atoms with Crippen LogP contribution in [0.5, 0.6) is 0 Å². The van der Waals surface area contributed by atoms with Crippen LogP contribution < -0.4 is 0 Å². The molecule has 4 heavy (non-hydrogen) atoms. The van der Waals surface area contributed by atoms with Crippen molar-refractivity contribution in [2.75, 3.05) is 0 Å². The van der Waals surface area contributed by atoms with Gasteiger partial charge >= 0.3 is 0 Å². The second-order valence-corrected chi connectivity index (χ2v) is 0.811. The van der Waals surface area contributed by atoms with Gasteiger partial charge in [0.15, 0.2) is 0 Å². The van der Waals surface area contributed by atoms with Gasteiger partial charge in [0.05, 0.1) is 0 Å². The van der Waals surface area contributed by atoms with Crippen molar-refractivity contribution in [3.05, 3.63) is 17.9 Å². The first-order valence-electron chi connectivity index (χ1n) is 1.39. The minimum absolute atomic E-state index is 1.14. The normalized spacial score (nSPS) is 16.0.